The van der Waals surface area contributed by atoms with E-state index in [4.69, 9.17) is 36.3 Å². The molecule has 8 nitrogen and oxygen atoms in total. The van der Waals surface area contributed by atoms with E-state index in [-0.39, 0.29) is 41.2 Å². The molecular weight excluding hydrogens is 510 g/mol. The highest BCUT2D eigenvalue weighted by Gasteiger charge is 2.36. The molecule has 9 heteroatoms. The van der Waals surface area contributed by atoms with Gasteiger partial charge >= 0.3 is 5.97 Å². The normalized spacial score (nSPS) is 19.8. The Bertz CT molecular complexity index is 1320. The molecule has 1 fully saturated rings. The van der Waals surface area contributed by atoms with Gasteiger partial charge in [0.2, 0.25) is 5.43 Å². The maximum absolute atomic E-state index is 13.1. The molecule has 1 aromatic heterocycles. The topological polar surface area (TPSA) is 132 Å². The molecule has 0 unspecified atom stereocenters. The molecule has 204 valence electrons. The Morgan fingerprint density at radius 1 is 1.16 bits per heavy atom. The van der Waals surface area contributed by atoms with Crippen molar-refractivity contribution in [1.82, 2.24) is 0 Å². The van der Waals surface area contributed by atoms with E-state index < -0.39 is 18.4 Å². The van der Waals surface area contributed by atoms with E-state index in [1.165, 1.54) is 6.26 Å². The summed E-state index contributed by atoms with van der Waals surface area (Å²) in [7, 11) is 0. The Balaban J connectivity index is 0.000000732. The van der Waals surface area contributed by atoms with E-state index >= 15 is 0 Å². The summed E-state index contributed by atoms with van der Waals surface area (Å²) >= 11 is 6.05. The highest BCUT2D eigenvalue weighted by Crippen LogP contribution is 2.42. The SMILES string of the molecule is CC(C)(C)N.O=C(O)CC/C=C\C[C@@H]1CO[C@H](c2coc3ccc(Cl)cc3c2=O)O[C@@H]1c1ccccc1O. The minimum atomic E-state index is -0.985. The lowest BCUT2D eigenvalue weighted by Crippen LogP contribution is -2.32. The third kappa shape index (κ3) is 8.43. The Morgan fingerprint density at radius 3 is 2.55 bits per heavy atom. The van der Waals surface area contributed by atoms with Crippen molar-refractivity contribution in [3.8, 4) is 5.75 Å². The zero-order valence-electron chi connectivity index (χ0n) is 21.7. The molecule has 4 rings (SSSR count). The zero-order valence-corrected chi connectivity index (χ0v) is 22.5. The van der Waals surface area contributed by atoms with Gasteiger partial charge in [-0.1, -0.05) is 42.0 Å². The molecule has 38 heavy (non-hydrogen) atoms. The number of allylic oxidation sites excluding steroid dienone is 2. The number of hydrogen-bond acceptors (Lipinski definition) is 7. The highest BCUT2D eigenvalue weighted by molar-refractivity contribution is 6.31. The van der Waals surface area contributed by atoms with Crippen molar-refractivity contribution in [3.05, 3.63) is 87.3 Å². The fraction of sp³-hybridized carbons (Fsp3) is 0.379. The van der Waals surface area contributed by atoms with Gasteiger partial charge in [0.25, 0.3) is 0 Å². The second-order valence-corrected chi connectivity index (χ2v) is 10.6. The predicted octanol–water partition coefficient (Wildman–Crippen LogP) is 6.11. The number of halogens is 1. The average molecular weight is 544 g/mol. The summed E-state index contributed by atoms with van der Waals surface area (Å²) in [6.07, 6.45) is 4.52. The second-order valence-electron chi connectivity index (χ2n) is 10.2. The molecule has 2 heterocycles. The fourth-order valence-corrected chi connectivity index (χ4v) is 4.04. The maximum atomic E-state index is 13.1. The number of aromatic hydroxyl groups is 1. The number of fused-ring (bicyclic) bond motifs is 1. The third-order valence-corrected chi connectivity index (χ3v) is 5.78. The van der Waals surface area contributed by atoms with Crippen LogP contribution >= 0.6 is 11.6 Å². The zero-order chi connectivity index (χ0) is 27.9. The lowest BCUT2D eigenvalue weighted by molar-refractivity contribution is -0.244. The fourth-order valence-electron chi connectivity index (χ4n) is 3.87. The third-order valence-electron chi connectivity index (χ3n) is 5.55. The van der Waals surface area contributed by atoms with Gasteiger partial charge in [-0.25, -0.2) is 0 Å². The molecular formula is C29H34ClNO7. The van der Waals surface area contributed by atoms with E-state index in [1.54, 1.807) is 42.5 Å². The Labute approximate surface area is 226 Å². The number of para-hydroxylation sites is 1. The van der Waals surface area contributed by atoms with Crippen molar-refractivity contribution in [2.75, 3.05) is 6.61 Å². The van der Waals surface area contributed by atoms with E-state index in [2.05, 4.69) is 0 Å². The van der Waals surface area contributed by atoms with Crippen LogP contribution in [0.2, 0.25) is 5.02 Å². The Morgan fingerprint density at radius 2 is 1.87 bits per heavy atom. The van der Waals surface area contributed by atoms with Gasteiger partial charge in [-0.05, 0) is 57.9 Å². The summed E-state index contributed by atoms with van der Waals surface area (Å²) in [5.74, 6) is -0.924. The molecule has 0 amide bonds. The standard InChI is InChI=1S/C25H23ClO7.C4H11N/c26-16-10-11-21-18(12-16)23(30)19(14-31-21)25-32-13-15(6-2-1-3-9-22(28)29)24(33-25)17-7-4-5-8-20(17)27;1-4(2,3)5/h1-2,4-5,7-8,10-12,14-15,24-25,27H,3,6,9,13H2,(H,28,29);5H2,1-3H3/b2-1-;/t15-,24+,25+;/m1./s1. The number of carboxylic acids is 1. The predicted molar refractivity (Wildman–Crippen MR) is 146 cm³/mol. The second kappa shape index (κ2) is 13.1. The lowest BCUT2D eigenvalue weighted by Gasteiger charge is -2.36. The van der Waals surface area contributed by atoms with Crippen LogP contribution in [0.1, 0.15) is 63.6 Å². The first-order valence-corrected chi connectivity index (χ1v) is 12.7. The minimum Gasteiger partial charge on any atom is -0.508 e. The van der Waals surface area contributed by atoms with Gasteiger partial charge in [-0.2, -0.15) is 0 Å². The van der Waals surface area contributed by atoms with Crippen LogP contribution < -0.4 is 11.2 Å². The van der Waals surface area contributed by atoms with Crippen molar-refractivity contribution in [1.29, 1.82) is 0 Å². The molecule has 0 spiro atoms. The number of carboxylic acid groups (broad SMARTS) is 1. The van der Waals surface area contributed by atoms with Gasteiger partial charge < -0.3 is 29.8 Å². The van der Waals surface area contributed by atoms with Crippen molar-refractivity contribution >= 4 is 28.5 Å². The summed E-state index contributed by atoms with van der Waals surface area (Å²) in [5.41, 5.74) is 6.26. The van der Waals surface area contributed by atoms with Gasteiger partial charge in [0.1, 0.15) is 17.6 Å². The van der Waals surface area contributed by atoms with Crippen LogP contribution in [0.15, 0.2) is 70.1 Å². The molecule has 4 N–H and O–H groups in total. The van der Waals surface area contributed by atoms with Crippen molar-refractivity contribution in [2.24, 2.45) is 11.7 Å². The summed E-state index contributed by atoms with van der Waals surface area (Å²) in [6, 6.07) is 11.7. The number of aliphatic carboxylic acids is 1. The summed E-state index contributed by atoms with van der Waals surface area (Å²) in [4.78, 5) is 23.8. The molecule has 3 atom stereocenters. The van der Waals surface area contributed by atoms with Crippen LogP contribution in [0.3, 0.4) is 0 Å². The summed E-state index contributed by atoms with van der Waals surface area (Å²) < 4.78 is 17.7. The van der Waals surface area contributed by atoms with Gasteiger partial charge in [0, 0.05) is 28.5 Å². The molecule has 0 aliphatic carbocycles. The smallest absolute Gasteiger partial charge is 0.303 e. The number of carbonyl (C=O) groups is 1. The first kappa shape index (κ1) is 29.4. The first-order chi connectivity index (χ1) is 17.9. The molecule has 1 aliphatic rings. The average Bonchev–Trinajstić information content (AvgIpc) is 2.84. The lowest BCUT2D eigenvalue weighted by atomic mass is 9.91. The Hall–Kier alpha value is -3.17. The highest BCUT2D eigenvalue weighted by atomic mass is 35.5. The van der Waals surface area contributed by atoms with Crippen molar-refractivity contribution < 1.29 is 28.9 Å². The number of nitrogens with two attached hydrogens (primary N) is 1. The summed E-state index contributed by atoms with van der Waals surface area (Å²) in [5, 5.41) is 20.0. The van der Waals surface area contributed by atoms with Crippen molar-refractivity contribution in [2.45, 2.75) is 58.0 Å². The van der Waals surface area contributed by atoms with Crippen LogP contribution in [-0.4, -0.2) is 28.3 Å². The Kier molecular flexibility index (Phi) is 10.1. The molecule has 3 aromatic rings. The van der Waals surface area contributed by atoms with E-state index in [0.29, 0.717) is 34.4 Å². The monoisotopic (exact) mass is 543 g/mol. The first-order valence-electron chi connectivity index (χ1n) is 12.4. The maximum Gasteiger partial charge on any atom is 0.303 e. The van der Waals surface area contributed by atoms with Crippen LogP contribution in [-0.2, 0) is 14.3 Å². The number of benzene rings is 2. The molecule has 2 aromatic carbocycles. The molecule has 1 saturated heterocycles. The van der Waals surface area contributed by atoms with E-state index in [9.17, 15) is 14.7 Å². The van der Waals surface area contributed by atoms with Crippen LogP contribution in [0.5, 0.6) is 5.75 Å². The minimum absolute atomic E-state index is 0. The van der Waals surface area contributed by atoms with Gasteiger partial charge in [-0.15, -0.1) is 0 Å². The van der Waals surface area contributed by atoms with Crippen LogP contribution in [0.25, 0.3) is 11.0 Å². The molecule has 0 bridgehead atoms. The number of hydrogen-bond donors (Lipinski definition) is 3. The number of phenols is 1. The number of phenolic OH excluding ortho intramolecular Hbond substituents is 1. The van der Waals surface area contributed by atoms with Gasteiger partial charge in [0.05, 0.1) is 23.7 Å². The van der Waals surface area contributed by atoms with Crippen molar-refractivity contribution in [3.63, 3.8) is 0 Å². The quantitative estimate of drug-likeness (QED) is 0.304. The molecule has 0 saturated carbocycles. The molecule has 1 aliphatic heterocycles. The largest absolute Gasteiger partial charge is 0.508 e. The van der Waals surface area contributed by atoms with Gasteiger partial charge in [0.15, 0.2) is 6.29 Å². The van der Waals surface area contributed by atoms with Crippen LogP contribution in [0.4, 0.5) is 0 Å². The number of rotatable bonds is 7. The van der Waals surface area contributed by atoms with Crippen LogP contribution in [0, 0.1) is 5.92 Å². The van der Waals surface area contributed by atoms with E-state index in [1.807, 2.05) is 32.9 Å². The summed E-state index contributed by atoms with van der Waals surface area (Å²) in [6.45, 7) is 6.16. The van der Waals surface area contributed by atoms with Gasteiger partial charge in [-0.3, -0.25) is 9.59 Å². The number of ether oxygens (including phenoxy) is 2. The molecule has 0 radical (unpaired) electrons. The van der Waals surface area contributed by atoms with E-state index in [0.717, 1.165) is 0 Å².